The average Bonchev–Trinajstić information content (AvgIpc) is 3.20. The third kappa shape index (κ3) is 4.00. The predicted octanol–water partition coefficient (Wildman–Crippen LogP) is 3.83. The van der Waals surface area contributed by atoms with Crippen molar-refractivity contribution in [2.24, 2.45) is 5.92 Å². The van der Waals surface area contributed by atoms with E-state index < -0.39 is 0 Å². The number of thiophene rings is 1. The van der Waals surface area contributed by atoms with E-state index in [0.29, 0.717) is 5.92 Å². The fourth-order valence-electron chi connectivity index (χ4n) is 2.97. The topological polar surface area (TPSA) is 66.1 Å². The molecule has 0 bridgehead atoms. The van der Waals surface area contributed by atoms with Gasteiger partial charge in [0, 0.05) is 12.2 Å². The van der Waals surface area contributed by atoms with E-state index in [2.05, 4.69) is 20.9 Å². The Labute approximate surface area is 154 Å². The third-order valence-corrected chi connectivity index (χ3v) is 6.36. The molecule has 0 aliphatic carbocycles. The van der Waals surface area contributed by atoms with Crippen molar-refractivity contribution in [1.82, 2.24) is 15.6 Å². The minimum Gasteiger partial charge on any atom is -0.351 e. The Kier molecular flexibility index (Phi) is 4.96. The summed E-state index contributed by atoms with van der Waals surface area (Å²) in [5.41, 5.74) is 1.02. The summed E-state index contributed by atoms with van der Waals surface area (Å²) in [7, 11) is 0. The lowest BCUT2D eigenvalue weighted by molar-refractivity contribution is 0.0949. The molecule has 1 fully saturated rings. The molecular weight excluding hydrogens is 352 g/mol. The highest BCUT2D eigenvalue weighted by Gasteiger charge is 2.17. The monoisotopic (exact) mass is 372 g/mol. The van der Waals surface area contributed by atoms with Gasteiger partial charge in [0.15, 0.2) is 5.13 Å². The molecule has 130 valence electrons. The average molecular weight is 373 g/mol. The molecular formula is C18H20N4OS2. The van der Waals surface area contributed by atoms with Gasteiger partial charge in [0.1, 0.15) is 4.83 Å². The highest BCUT2D eigenvalue weighted by atomic mass is 32.1. The van der Waals surface area contributed by atoms with Gasteiger partial charge in [0.2, 0.25) is 0 Å². The van der Waals surface area contributed by atoms with Gasteiger partial charge in [0.05, 0.1) is 9.58 Å². The van der Waals surface area contributed by atoms with Gasteiger partial charge in [-0.1, -0.05) is 29.5 Å². The number of carbonyl (C=O) groups excluding carboxylic acids is 1. The molecule has 3 heterocycles. The fourth-order valence-corrected chi connectivity index (χ4v) is 5.02. The molecule has 0 saturated carbocycles. The SMILES string of the molecule is O=C(NCC1CCCNC1)c1cc2sc(Nc3ccccc3)nc2s1. The van der Waals surface area contributed by atoms with Crippen molar-refractivity contribution in [2.75, 3.05) is 25.0 Å². The lowest BCUT2D eigenvalue weighted by Crippen LogP contribution is -2.37. The molecule has 4 rings (SSSR count). The van der Waals surface area contributed by atoms with Gasteiger partial charge in [-0.2, -0.15) is 0 Å². The first-order chi connectivity index (χ1) is 12.3. The molecule has 1 aliphatic heterocycles. The first-order valence-corrected chi connectivity index (χ1v) is 10.1. The van der Waals surface area contributed by atoms with Gasteiger partial charge in [0.25, 0.3) is 5.91 Å². The molecule has 1 aliphatic rings. The van der Waals surface area contributed by atoms with Crippen LogP contribution in [0.2, 0.25) is 0 Å². The molecule has 1 amide bonds. The molecule has 0 radical (unpaired) electrons. The number of anilines is 2. The van der Waals surface area contributed by atoms with E-state index >= 15 is 0 Å². The van der Waals surface area contributed by atoms with Crippen molar-refractivity contribution in [3.05, 3.63) is 41.3 Å². The normalized spacial score (nSPS) is 17.5. The summed E-state index contributed by atoms with van der Waals surface area (Å²) < 4.78 is 1.05. The number of carbonyl (C=O) groups is 1. The zero-order chi connectivity index (χ0) is 17.1. The molecule has 1 saturated heterocycles. The van der Waals surface area contributed by atoms with Crippen LogP contribution in [0.25, 0.3) is 9.53 Å². The number of aromatic nitrogens is 1. The van der Waals surface area contributed by atoms with Crippen LogP contribution in [-0.4, -0.2) is 30.5 Å². The van der Waals surface area contributed by atoms with Gasteiger partial charge in [-0.15, -0.1) is 11.3 Å². The summed E-state index contributed by atoms with van der Waals surface area (Å²) in [5.74, 6) is 0.553. The van der Waals surface area contributed by atoms with E-state index in [1.165, 1.54) is 24.2 Å². The first-order valence-electron chi connectivity index (χ1n) is 8.49. The van der Waals surface area contributed by atoms with E-state index in [-0.39, 0.29) is 5.91 Å². The number of fused-ring (bicyclic) bond motifs is 1. The molecule has 3 aromatic rings. The number of hydrogen-bond donors (Lipinski definition) is 3. The first kappa shape index (κ1) is 16.5. The second kappa shape index (κ2) is 7.51. The Balaban J connectivity index is 1.39. The fraction of sp³-hybridized carbons (Fsp3) is 0.333. The van der Waals surface area contributed by atoms with Crippen molar-refractivity contribution < 1.29 is 4.79 Å². The number of rotatable bonds is 5. The van der Waals surface area contributed by atoms with Gasteiger partial charge in [-0.3, -0.25) is 4.79 Å². The van der Waals surface area contributed by atoms with Crippen LogP contribution in [0.5, 0.6) is 0 Å². The molecule has 5 nitrogen and oxygen atoms in total. The highest BCUT2D eigenvalue weighted by molar-refractivity contribution is 7.29. The number of benzene rings is 1. The summed E-state index contributed by atoms with van der Waals surface area (Å²) >= 11 is 3.03. The van der Waals surface area contributed by atoms with E-state index in [0.717, 1.165) is 44.9 Å². The van der Waals surface area contributed by atoms with Crippen LogP contribution in [-0.2, 0) is 0 Å². The Hall–Kier alpha value is -1.96. The molecule has 0 spiro atoms. The van der Waals surface area contributed by atoms with Crippen LogP contribution in [0.15, 0.2) is 36.4 Å². The van der Waals surface area contributed by atoms with Crippen molar-refractivity contribution in [1.29, 1.82) is 0 Å². The van der Waals surface area contributed by atoms with Crippen molar-refractivity contribution >= 4 is 48.9 Å². The Morgan fingerprint density at radius 2 is 2.16 bits per heavy atom. The number of amides is 1. The van der Waals surface area contributed by atoms with Crippen molar-refractivity contribution in [3.63, 3.8) is 0 Å². The van der Waals surface area contributed by atoms with Gasteiger partial charge in [-0.25, -0.2) is 4.98 Å². The molecule has 1 aromatic carbocycles. The Morgan fingerprint density at radius 3 is 2.92 bits per heavy atom. The highest BCUT2D eigenvalue weighted by Crippen LogP contribution is 2.34. The maximum Gasteiger partial charge on any atom is 0.261 e. The largest absolute Gasteiger partial charge is 0.351 e. The minimum atomic E-state index is 0.0124. The zero-order valence-corrected chi connectivity index (χ0v) is 15.4. The summed E-state index contributed by atoms with van der Waals surface area (Å²) in [4.78, 5) is 18.6. The standard InChI is InChI=1S/C18H20N4OS2/c23-16(20-11-12-5-4-8-19-10-12)14-9-15-17(24-14)22-18(25-15)21-13-6-2-1-3-7-13/h1-3,6-7,9,12,19H,4-5,8,10-11H2,(H,20,23)(H,21,22). The second-order valence-corrected chi connectivity index (χ2v) is 8.27. The minimum absolute atomic E-state index is 0.0124. The van der Waals surface area contributed by atoms with Crippen LogP contribution in [0.4, 0.5) is 10.8 Å². The third-order valence-electron chi connectivity index (χ3n) is 4.29. The lowest BCUT2D eigenvalue weighted by atomic mass is 10.00. The maximum atomic E-state index is 12.4. The van der Waals surface area contributed by atoms with Crippen LogP contribution in [0, 0.1) is 5.92 Å². The van der Waals surface area contributed by atoms with Crippen LogP contribution in [0.1, 0.15) is 22.5 Å². The quantitative estimate of drug-likeness (QED) is 0.637. The van der Waals surface area contributed by atoms with Crippen LogP contribution < -0.4 is 16.0 Å². The van der Waals surface area contributed by atoms with Crippen molar-refractivity contribution in [3.8, 4) is 0 Å². The Bertz CT molecular complexity index is 821. The molecule has 7 heteroatoms. The van der Waals surface area contributed by atoms with Crippen LogP contribution in [0.3, 0.4) is 0 Å². The van der Waals surface area contributed by atoms with Gasteiger partial charge >= 0.3 is 0 Å². The molecule has 3 N–H and O–H groups in total. The summed E-state index contributed by atoms with van der Waals surface area (Å²) in [5, 5.41) is 10.6. The number of piperidine rings is 1. The Morgan fingerprint density at radius 1 is 1.28 bits per heavy atom. The summed E-state index contributed by atoms with van der Waals surface area (Å²) in [6, 6.07) is 11.9. The smallest absolute Gasteiger partial charge is 0.261 e. The van der Waals surface area contributed by atoms with E-state index in [9.17, 15) is 4.79 Å². The lowest BCUT2D eigenvalue weighted by Gasteiger charge is -2.22. The number of nitrogens with one attached hydrogen (secondary N) is 3. The van der Waals surface area contributed by atoms with E-state index in [4.69, 9.17) is 0 Å². The number of hydrogen-bond acceptors (Lipinski definition) is 6. The predicted molar refractivity (Wildman–Crippen MR) is 105 cm³/mol. The van der Waals surface area contributed by atoms with Gasteiger partial charge in [-0.05, 0) is 50.0 Å². The molecule has 25 heavy (non-hydrogen) atoms. The molecule has 2 aromatic heterocycles. The molecule has 1 atom stereocenters. The number of thiazole rings is 1. The summed E-state index contributed by atoms with van der Waals surface area (Å²) in [6.45, 7) is 2.83. The van der Waals surface area contributed by atoms with E-state index in [1.54, 1.807) is 11.3 Å². The molecule has 1 unspecified atom stereocenters. The van der Waals surface area contributed by atoms with Crippen molar-refractivity contribution in [2.45, 2.75) is 12.8 Å². The summed E-state index contributed by atoms with van der Waals surface area (Å²) in [6.07, 6.45) is 2.37. The zero-order valence-electron chi connectivity index (χ0n) is 13.7. The maximum absolute atomic E-state index is 12.4. The van der Waals surface area contributed by atoms with E-state index in [1.807, 2.05) is 36.4 Å². The number of nitrogens with zero attached hydrogens (tertiary/aromatic N) is 1. The van der Waals surface area contributed by atoms with Crippen LogP contribution >= 0.6 is 22.7 Å². The van der Waals surface area contributed by atoms with Gasteiger partial charge < -0.3 is 16.0 Å². The number of para-hydroxylation sites is 1. The second-order valence-electron chi connectivity index (χ2n) is 6.21.